The summed E-state index contributed by atoms with van der Waals surface area (Å²) in [5.41, 5.74) is 0.183. The van der Waals surface area contributed by atoms with Crippen LogP contribution < -0.4 is 0 Å². The van der Waals surface area contributed by atoms with Crippen LogP contribution in [0, 0.1) is 17.7 Å². The molecular formula is C27H22FNO6S. The highest BCUT2D eigenvalue weighted by molar-refractivity contribution is 7.89. The minimum absolute atomic E-state index is 0.168. The van der Waals surface area contributed by atoms with Crippen LogP contribution in [0.15, 0.2) is 102 Å². The Morgan fingerprint density at radius 3 is 2.03 bits per heavy atom. The van der Waals surface area contributed by atoms with Gasteiger partial charge in [-0.15, -0.1) is 0 Å². The van der Waals surface area contributed by atoms with Crippen LogP contribution in [0.2, 0.25) is 0 Å². The Bertz CT molecular complexity index is 1410. The van der Waals surface area contributed by atoms with Crippen LogP contribution in [-0.4, -0.2) is 38.9 Å². The van der Waals surface area contributed by atoms with Gasteiger partial charge in [0.1, 0.15) is 17.6 Å². The first-order valence-electron chi connectivity index (χ1n) is 10.6. The molecule has 0 heterocycles. The van der Waals surface area contributed by atoms with E-state index < -0.39 is 39.5 Å². The number of sulfonamides is 1. The maximum absolute atomic E-state index is 13.9. The van der Waals surface area contributed by atoms with Crippen molar-refractivity contribution < 1.29 is 31.9 Å². The van der Waals surface area contributed by atoms with Crippen molar-refractivity contribution in [3.8, 4) is 11.8 Å². The van der Waals surface area contributed by atoms with E-state index in [0.717, 1.165) is 26.4 Å². The van der Waals surface area contributed by atoms with Gasteiger partial charge in [0, 0.05) is 5.56 Å². The number of hydrogen-bond donors (Lipinski definition) is 0. The predicted octanol–water partition coefficient (Wildman–Crippen LogP) is 3.84. The van der Waals surface area contributed by atoms with Crippen LogP contribution in [-0.2, 0) is 29.1 Å². The van der Waals surface area contributed by atoms with Gasteiger partial charge < -0.3 is 9.47 Å². The third kappa shape index (κ3) is 6.17. The summed E-state index contributed by atoms with van der Waals surface area (Å²) in [5.74, 6) is 3.11. The molecule has 0 aliphatic carbocycles. The van der Waals surface area contributed by atoms with Crippen molar-refractivity contribution >= 4 is 22.0 Å². The van der Waals surface area contributed by atoms with Crippen molar-refractivity contribution in [2.24, 2.45) is 0 Å². The largest absolute Gasteiger partial charge is 0.466 e. The Morgan fingerprint density at radius 1 is 0.889 bits per heavy atom. The second kappa shape index (κ2) is 11.8. The molecule has 7 nitrogen and oxygen atoms in total. The molecule has 3 aromatic rings. The normalized spacial score (nSPS) is 12.0. The lowest BCUT2D eigenvalue weighted by Crippen LogP contribution is -2.37. The summed E-state index contributed by atoms with van der Waals surface area (Å²) in [6, 6.07) is 19.7. The summed E-state index contributed by atoms with van der Waals surface area (Å²) in [6.45, 7) is 0. The van der Waals surface area contributed by atoms with E-state index in [1.54, 1.807) is 36.4 Å². The van der Waals surface area contributed by atoms with Crippen molar-refractivity contribution in [1.29, 1.82) is 0 Å². The van der Waals surface area contributed by atoms with Crippen molar-refractivity contribution in [1.82, 2.24) is 4.31 Å². The van der Waals surface area contributed by atoms with Gasteiger partial charge in [0.2, 0.25) is 0 Å². The van der Waals surface area contributed by atoms with Crippen molar-refractivity contribution in [2.45, 2.75) is 10.9 Å². The molecule has 0 amide bonds. The number of carbonyl (C=O) groups excluding carboxylic acids is 2. The van der Waals surface area contributed by atoms with Gasteiger partial charge in [-0.25, -0.2) is 26.7 Å². The fourth-order valence-electron chi connectivity index (χ4n) is 3.20. The average Bonchev–Trinajstić information content (AvgIpc) is 2.91. The number of esters is 2. The summed E-state index contributed by atoms with van der Waals surface area (Å²) < 4.78 is 51.8. The molecule has 0 radical (unpaired) electrons. The molecule has 0 fully saturated rings. The van der Waals surface area contributed by atoms with E-state index in [1.165, 1.54) is 36.4 Å². The van der Waals surface area contributed by atoms with Gasteiger partial charge in [-0.3, -0.25) is 0 Å². The summed E-state index contributed by atoms with van der Waals surface area (Å²) in [6.07, 6.45) is 0.715. The van der Waals surface area contributed by atoms with E-state index in [9.17, 15) is 22.4 Å². The second-order valence-corrected chi connectivity index (χ2v) is 9.06. The molecule has 0 bridgehead atoms. The van der Waals surface area contributed by atoms with Crippen LogP contribution in [0.4, 0.5) is 4.39 Å². The van der Waals surface area contributed by atoms with E-state index >= 15 is 0 Å². The molecule has 1 atom stereocenters. The van der Waals surface area contributed by atoms with Gasteiger partial charge in [-0.2, -0.15) is 0 Å². The van der Waals surface area contributed by atoms with Crippen molar-refractivity contribution in [2.75, 3.05) is 14.2 Å². The Morgan fingerprint density at radius 2 is 1.47 bits per heavy atom. The van der Waals surface area contributed by atoms with Crippen LogP contribution >= 0.6 is 0 Å². The van der Waals surface area contributed by atoms with Gasteiger partial charge in [-0.05, 0) is 42.0 Å². The maximum Gasteiger partial charge on any atom is 0.355 e. The van der Waals surface area contributed by atoms with Gasteiger partial charge in [0.05, 0.1) is 25.2 Å². The summed E-state index contributed by atoms with van der Waals surface area (Å²) in [7, 11) is -2.39. The number of methoxy groups -OCH3 is 2. The Labute approximate surface area is 208 Å². The lowest BCUT2D eigenvalue weighted by Gasteiger charge is -2.30. The molecule has 0 N–H and O–H groups in total. The molecule has 36 heavy (non-hydrogen) atoms. The van der Waals surface area contributed by atoms with Gasteiger partial charge in [0.25, 0.3) is 10.0 Å². The van der Waals surface area contributed by atoms with Crippen molar-refractivity contribution in [3.05, 3.63) is 114 Å². The number of hydrogen-bond acceptors (Lipinski definition) is 6. The molecule has 184 valence electrons. The van der Waals surface area contributed by atoms with E-state index in [4.69, 9.17) is 4.74 Å². The van der Waals surface area contributed by atoms with E-state index in [0.29, 0.717) is 15.9 Å². The number of ether oxygens (including phenoxy) is 2. The Kier molecular flexibility index (Phi) is 8.60. The van der Waals surface area contributed by atoms with E-state index in [-0.39, 0.29) is 10.5 Å². The van der Waals surface area contributed by atoms with E-state index in [2.05, 4.69) is 16.6 Å². The fraction of sp³-hybridized carbons (Fsp3) is 0.111. The highest BCUT2D eigenvalue weighted by Crippen LogP contribution is 2.32. The minimum Gasteiger partial charge on any atom is -0.466 e. The summed E-state index contributed by atoms with van der Waals surface area (Å²) in [4.78, 5) is 24.8. The maximum atomic E-state index is 13.9. The summed E-state index contributed by atoms with van der Waals surface area (Å²) in [5, 5.41) is 0. The molecule has 3 aromatic carbocycles. The number of halogens is 1. The van der Waals surface area contributed by atoms with Gasteiger partial charge in [-0.1, -0.05) is 60.4 Å². The average molecular weight is 508 g/mol. The zero-order valence-electron chi connectivity index (χ0n) is 19.4. The molecule has 0 aliphatic rings. The highest BCUT2D eigenvalue weighted by Gasteiger charge is 2.37. The van der Waals surface area contributed by atoms with E-state index in [1.807, 2.05) is 0 Å². The molecule has 0 aromatic heterocycles. The fourth-order valence-corrected chi connectivity index (χ4v) is 4.76. The predicted molar refractivity (Wildman–Crippen MR) is 130 cm³/mol. The first-order valence-corrected chi connectivity index (χ1v) is 12.0. The van der Waals surface area contributed by atoms with Crippen LogP contribution in [0.25, 0.3) is 0 Å². The standard InChI is InChI=1S/C27H22FNO6S/c1-34-26(30)19-25(27(31)35-2)29(36(32,33)23-11-7-4-8-12-23)24(21-14-16-22(28)17-15-21)18-13-20-9-5-3-6-10-20/h3-12,14-17,19,24H,1-2H3/b25-19+. The molecule has 3 rings (SSSR count). The molecule has 0 spiro atoms. The Balaban J connectivity index is 2.35. The van der Waals surface area contributed by atoms with Gasteiger partial charge >= 0.3 is 11.9 Å². The minimum atomic E-state index is -4.51. The number of benzene rings is 3. The number of carbonyl (C=O) groups is 2. The smallest absolute Gasteiger partial charge is 0.355 e. The number of rotatable bonds is 7. The quantitative estimate of drug-likeness (QED) is 0.274. The van der Waals surface area contributed by atoms with Crippen molar-refractivity contribution in [3.63, 3.8) is 0 Å². The third-order valence-corrected chi connectivity index (χ3v) is 6.73. The molecule has 0 aliphatic heterocycles. The zero-order valence-corrected chi connectivity index (χ0v) is 20.2. The van der Waals surface area contributed by atoms with Crippen LogP contribution in [0.3, 0.4) is 0 Å². The monoisotopic (exact) mass is 507 g/mol. The number of nitrogens with zero attached hydrogens (tertiary/aromatic N) is 1. The zero-order chi connectivity index (χ0) is 26.1. The molecule has 0 saturated heterocycles. The lowest BCUT2D eigenvalue weighted by molar-refractivity contribution is -0.139. The topological polar surface area (TPSA) is 90.0 Å². The Hall–Kier alpha value is -4.42. The highest BCUT2D eigenvalue weighted by atomic mass is 32.2. The third-order valence-electron chi connectivity index (χ3n) is 4.94. The lowest BCUT2D eigenvalue weighted by atomic mass is 10.1. The first-order chi connectivity index (χ1) is 17.3. The van der Waals surface area contributed by atoms with Crippen LogP contribution in [0.1, 0.15) is 17.2 Å². The van der Waals surface area contributed by atoms with Crippen LogP contribution in [0.5, 0.6) is 0 Å². The molecule has 0 saturated carbocycles. The van der Waals surface area contributed by atoms with Gasteiger partial charge in [0.15, 0.2) is 0 Å². The SMILES string of the molecule is COC(=O)/C=C(\C(=O)OC)N(C(C#Cc1ccccc1)c1ccc(F)cc1)S(=O)(=O)c1ccccc1. The first kappa shape index (κ1) is 26.2. The molecule has 9 heteroatoms. The summed E-state index contributed by atoms with van der Waals surface area (Å²) >= 11 is 0. The molecular weight excluding hydrogens is 485 g/mol. The second-order valence-electron chi connectivity index (χ2n) is 7.25. The molecule has 1 unspecified atom stereocenters.